The molecule has 2 rings (SSSR count). The van der Waals surface area contributed by atoms with E-state index in [1.165, 1.54) is 5.96 Å². The molecule has 8 heteroatoms. The first-order valence-electron chi connectivity index (χ1n) is 7.54. The fourth-order valence-electron chi connectivity index (χ4n) is 2.15. The van der Waals surface area contributed by atoms with E-state index in [-0.39, 0.29) is 10.9 Å². The van der Waals surface area contributed by atoms with Crippen LogP contribution in [-0.4, -0.2) is 27.4 Å². The summed E-state index contributed by atoms with van der Waals surface area (Å²) in [5, 5.41) is 5.58. The van der Waals surface area contributed by atoms with Crippen LogP contribution in [0.4, 0.5) is 16.2 Å². The zero-order chi connectivity index (χ0) is 17.7. The third-order valence-electron chi connectivity index (χ3n) is 3.12. The summed E-state index contributed by atoms with van der Waals surface area (Å²) in [5.41, 5.74) is 2.21. The van der Waals surface area contributed by atoms with Gasteiger partial charge in [0.25, 0.3) is 0 Å². The summed E-state index contributed by atoms with van der Waals surface area (Å²) in [6, 6.07) is 8.31. The second-order valence-corrected chi connectivity index (χ2v) is 7.38. The van der Waals surface area contributed by atoms with Crippen LogP contribution in [0.5, 0.6) is 0 Å². The predicted octanol–water partition coefficient (Wildman–Crippen LogP) is 2.47. The number of hydrogen-bond acceptors (Lipinski definition) is 4. The Morgan fingerprint density at radius 2 is 1.96 bits per heavy atom. The molecule has 0 radical (unpaired) electrons. The number of anilines is 2. The normalized spacial score (nSPS) is 11.0. The summed E-state index contributed by atoms with van der Waals surface area (Å²) in [6.45, 7) is 7.06. The average molecular weight is 345 g/mol. The number of rotatable bonds is 5. The standard InChI is InChI=1S/C16H20BN3O3S/c1-11(2)18-16(21)20-24(22,23)15-10-17-8-7-14(15)19-13-6-4-5-12(3)9-13/h4-11,19H,1-3H3,(H2,18,20,21). The van der Waals surface area contributed by atoms with E-state index in [9.17, 15) is 13.2 Å². The summed E-state index contributed by atoms with van der Waals surface area (Å²) >= 11 is 0. The van der Waals surface area contributed by atoms with Gasteiger partial charge in [-0.2, -0.15) is 0 Å². The predicted molar refractivity (Wildman–Crippen MR) is 96.2 cm³/mol. The van der Waals surface area contributed by atoms with E-state index < -0.39 is 16.1 Å². The fraction of sp³-hybridized carbons (Fsp3) is 0.250. The molecule has 1 aromatic carbocycles. The van der Waals surface area contributed by atoms with Gasteiger partial charge in [0.15, 0.2) is 0 Å². The first kappa shape index (κ1) is 18.0. The third kappa shape index (κ3) is 4.82. The molecule has 2 amide bonds. The van der Waals surface area contributed by atoms with Crippen molar-refractivity contribution in [3.63, 3.8) is 0 Å². The van der Waals surface area contributed by atoms with E-state index in [1.54, 1.807) is 32.8 Å². The molecule has 3 N–H and O–H groups in total. The number of sulfonamides is 1. The van der Waals surface area contributed by atoms with Crippen molar-refractivity contribution in [1.82, 2.24) is 10.0 Å². The maximum atomic E-state index is 12.5. The molecule has 0 aliphatic rings. The topological polar surface area (TPSA) is 87.3 Å². The Kier molecular flexibility index (Phi) is 5.61. The maximum absolute atomic E-state index is 12.5. The molecule has 126 valence electrons. The summed E-state index contributed by atoms with van der Waals surface area (Å²) in [6.07, 6.45) is 0. The van der Waals surface area contributed by atoms with Gasteiger partial charge in [-0.1, -0.05) is 0 Å². The molecule has 0 aliphatic heterocycles. The molecular weight excluding hydrogens is 325 g/mol. The molecule has 0 bridgehead atoms. The number of amides is 2. The van der Waals surface area contributed by atoms with Crippen LogP contribution in [0.25, 0.3) is 0 Å². The molecule has 0 fully saturated rings. The van der Waals surface area contributed by atoms with Crippen molar-refractivity contribution in [2.45, 2.75) is 31.7 Å². The fourth-order valence-corrected chi connectivity index (χ4v) is 3.23. The van der Waals surface area contributed by atoms with Gasteiger partial charge in [0, 0.05) is 0 Å². The first-order valence-corrected chi connectivity index (χ1v) is 9.02. The monoisotopic (exact) mass is 345 g/mol. The van der Waals surface area contributed by atoms with Crippen molar-refractivity contribution in [3.8, 4) is 0 Å². The van der Waals surface area contributed by atoms with Gasteiger partial charge in [-0.05, 0) is 0 Å². The molecule has 24 heavy (non-hydrogen) atoms. The van der Waals surface area contributed by atoms with Gasteiger partial charge in [0.1, 0.15) is 0 Å². The number of benzene rings is 1. The van der Waals surface area contributed by atoms with Gasteiger partial charge in [-0.15, -0.1) is 0 Å². The van der Waals surface area contributed by atoms with E-state index in [1.807, 2.05) is 35.9 Å². The van der Waals surface area contributed by atoms with Gasteiger partial charge in [0.2, 0.25) is 0 Å². The van der Waals surface area contributed by atoms with Crippen molar-refractivity contribution in [2.24, 2.45) is 0 Å². The molecule has 1 aromatic heterocycles. The molecule has 1 heterocycles. The Hall–Kier alpha value is -2.35. The minimum atomic E-state index is -3.99. The Morgan fingerprint density at radius 3 is 2.62 bits per heavy atom. The second kappa shape index (κ2) is 7.48. The van der Waals surface area contributed by atoms with Crippen LogP contribution in [-0.2, 0) is 10.0 Å². The zero-order valence-corrected chi connectivity index (χ0v) is 14.6. The van der Waals surface area contributed by atoms with Crippen molar-refractivity contribution in [2.75, 3.05) is 5.32 Å². The van der Waals surface area contributed by atoms with E-state index in [2.05, 4.69) is 10.6 Å². The number of carbonyl (C=O) groups excluding carboxylic acids is 1. The number of aryl methyl sites for hydroxylation is 1. The third-order valence-corrected chi connectivity index (χ3v) is 4.51. The van der Waals surface area contributed by atoms with E-state index >= 15 is 0 Å². The van der Waals surface area contributed by atoms with Crippen molar-refractivity contribution < 1.29 is 13.2 Å². The van der Waals surface area contributed by atoms with E-state index in [0.717, 1.165) is 11.3 Å². The minimum absolute atomic E-state index is 0.00501. The average Bonchev–Trinajstić information content (AvgIpc) is 2.46. The Labute approximate surface area is 142 Å². The van der Waals surface area contributed by atoms with Crippen molar-refractivity contribution in [3.05, 3.63) is 47.8 Å². The van der Waals surface area contributed by atoms with Crippen LogP contribution in [0, 0.1) is 6.92 Å². The summed E-state index contributed by atoms with van der Waals surface area (Å²) in [4.78, 5) is 11.7. The Balaban J connectivity index is 2.29. The van der Waals surface area contributed by atoms with Crippen LogP contribution < -0.4 is 15.4 Å². The Bertz CT molecular complexity index is 838. The van der Waals surface area contributed by atoms with Gasteiger partial charge >= 0.3 is 142 Å². The van der Waals surface area contributed by atoms with Gasteiger partial charge in [-0.3, -0.25) is 0 Å². The van der Waals surface area contributed by atoms with Gasteiger partial charge in [0.05, 0.1) is 0 Å². The molecule has 0 spiro atoms. The van der Waals surface area contributed by atoms with Crippen LogP contribution in [0.2, 0.25) is 0 Å². The van der Waals surface area contributed by atoms with Crippen LogP contribution in [0.3, 0.4) is 0 Å². The second-order valence-electron chi connectivity index (χ2n) is 5.72. The van der Waals surface area contributed by atoms with Gasteiger partial charge < -0.3 is 0 Å². The molecule has 0 aliphatic carbocycles. The Morgan fingerprint density at radius 1 is 1.21 bits per heavy atom. The van der Waals surface area contributed by atoms with Crippen LogP contribution >= 0.6 is 0 Å². The molecule has 0 saturated heterocycles. The summed E-state index contributed by atoms with van der Waals surface area (Å²) in [5.74, 6) is 3.18. The SMILES string of the molecule is Cc1cccc(Nc2ccbcc2S(=O)(=O)NC(=O)NC(C)C)c1. The number of carbonyl (C=O) groups is 1. The first-order chi connectivity index (χ1) is 11.3. The number of nitrogens with one attached hydrogen (secondary N) is 3. The molecule has 0 unspecified atom stereocenters. The molecular formula is C16H20BN3O3S. The summed E-state index contributed by atoms with van der Waals surface area (Å²) in [7, 11) is -3.99. The quantitative estimate of drug-likeness (QED) is 0.777. The van der Waals surface area contributed by atoms with Gasteiger partial charge in [-0.25, -0.2) is 0 Å². The van der Waals surface area contributed by atoms with E-state index in [0.29, 0.717) is 5.69 Å². The molecule has 2 aromatic rings. The van der Waals surface area contributed by atoms with Crippen LogP contribution in [0.15, 0.2) is 47.2 Å². The molecule has 0 saturated carbocycles. The van der Waals surface area contributed by atoms with E-state index in [4.69, 9.17) is 0 Å². The number of hydrogen-bond donors (Lipinski definition) is 3. The zero-order valence-electron chi connectivity index (χ0n) is 13.8. The number of urea groups is 1. The van der Waals surface area contributed by atoms with Crippen molar-refractivity contribution >= 4 is 34.3 Å². The summed E-state index contributed by atoms with van der Waals surface area (Å²) < 4.78 is 27.0. The molecule has 6 nitrogen and oxygen atoms in total. The van der Waals surface area contributed by atoms with Crippen molar-refractivity contribution in [1.29, 1.82) is 0 Å². The van der Waals surface area contributed by atoms with Crippen LogP contribution in [0.1, 0.15) is 19.4 Å². The molecule has 0 atom stereocenters.